The van der Waals surface area contributed by atoms with Gasteiger partial charge >= 0.3 is 5.97 Å². The van der Waals surface area contributed by atoms with E-state index in [-0.39, 0.29) is 25.0 Å². The zero-order valence-corrected chi connectivity index (χ0v) is 14.6. The van der Waals surface area contributed by atoms with E-state index in [1.807, 2.05) is 60.7 Å². The van der Waals surface area contributed by atoms with Crippen LogP contribution >= 0.6 is 0 Å². The van der Waals surface area contributed by atoms with Crippen LogP contribution in [0.1, 0.15) is 37.3 Å². The number of benzene rings is 2. The number of carbonyl (C=O) groups is 2. The maximum absolute atomic E-state index is 12.5. The number of carboxylic acid groups (broad SMARTS) is 1. The molecule has 1 aliphatic carbocycles. The lowest BCUT2D eigenvalue weighted by molar-refractivity contribution is -0.157. The van der Waals surface area contributed by atoms with Crippen LogP contribution in [0.4, 0.5) is 0 Å². The van der Waals surface area contributed by atoms with Gasteiger partial charge in [-0.3, -0.25) is 9.59 Å². The van der Waals surface area contributed by atoms with Crippen LogP contribution in [0.15, 0.2) is 60.7 Å². The molecule has 1 saturated carbocycles. The summed E-state index contributed by atoms with van der Waals surface area (Å²) in [7, 11) is 0. The standard InChI is InChI=1S/C21H23NO4/c23-19(14-21(20(24)25)12-7-13-21)22-18(16-8-3-1-4-9-16)15-26-17-10-5-2-6-11-17/h1-6,8-11,18H,7,12-15H2,(H,22,23)(H,24,25). The normalized spacial score (nSPS) is 16.2. The summed E-state index contributed by atoms with van der Waals surface area (Å²) in [5, 5.41) is 12.4. The monoisotopic (exact) mass is 353 g/mol. The molecule has 2 aromatic rings. The van der Waals surface area contributed by atoms with Crippen molar-refractivity contribution < 1.29 is 19.4 Å². The third-order valence-corrected chi connectivity index (χ3v) is 4.96. The molecule has 136 valence electrons. The minimum absolute atomic E-state index is 0.0109. The molecule has 0 aliphatic heterocycles. The maximum atomic E-state index is 12.5. The van der Waals surface area contributed by atoms with Gasteiger partial charge in [0.25, 0.3) is 0 Å². The van der Waals surface area contributed by atoms with Crippen molar-refractivity contribution in [3.8, 4) is 5.75 Å². The van der Waals surface area contributed by atoms with Gasteiger partial charge < -0.3 is 15.2 Å². The first kappa shape index (κ1) is 18.0. The highest BCUT2D eigenvalue weighted by Gasteiger charge is 2.46. The van der Waals surface area contributed by atoms with Gasteiger partial charge in [-0.15, -0.1) is 0 Å². The van der Waals surface area contributed by atoms with E-state index in [2.05, 4.69) is 5.32 Å². The second-order valence-corrected chi connectivity index (χ2v) is 6.77. The molecule has 1 unspecified atom stereocenters. The van der Waals surface area contributed by atoms with Crippen molar-refractivity contribution in [3.63, 3.8) is 0 Å². The lowest BCUT2D eigenvalue weighted by Crippen LogP contribution is -2.43. The Balaban J connectivity index is 1.67. The fourth-order valence-electron chi connectivity index (χ4n) is 3.23. The second-order valence-electron chi connectivity index (χ2n) is 6.77. The van der Waals surface area contributed by atoms with Gasteiger partial charge in [0.2, 0.25) is 5.91 Å². The fraction of sp³-hybridized carbons (Fsp3) is 0.333. The number of amides is 1. The first-order chi connectivity index (χ1) is 12.6. The Hall–Kier alpha value is -2.82. The van der Waals surface area contributed by atoms with Gasteiger partial charge in [0.15, 0.2) is 0 Å². The zero-order chi connectivity index (χ0) is 18.4. The lowest BCUT2D eigenvalue weighted by atomic mass is 9.66. The first-order valence-corrected chi connectivity index (χ1v) is 8.85. The minimum atomic E-state index is -0.897. The van der Waals surface area contributed by atoms with Gasteiger partial charge in [-0.25, -0.2) is 0 Å². The molecule has 1 fully saturated rings. The number of hydrogen-bond acceptors (Lipinski definition) is 3. The van der Waals surface area contributed by atoms with E-state index in [0.29, 0.717) is 12.8 Å². The number of para-hydroxylation sites is 1. The van der Waals surface area contributed by atoms with Crippen LogP contribution < -0.4 is 10.1 Å². The molecule has 1 atom stereocenters. The molecular weight excluding hydrogens is 330 g/mol. The molecule has 0 radical (unpaired) electrons. The van der Waals surface area contributed by atoms with Gasteiger partial charge in [0.1, 0.15) is 12.4 Å². The second kappa shape index (κ2) is 8.04. The van der Waals surface area contributed by atoms with Crippen molar-refractivity contribution >= 4 is 11.9 Å². The number of rotatable bonds is 8. The fourth-order valence-corrected chi connectivity index (χ4v) is 3.23. The van der Waals surface area contributed by atoms with E-state index in [9.17, 15) is 14.7 Å². The van der Waals surface area contributed by atoms with E-state index in [1.165, 1.54) is 0 Å². The molecule has 5 heteroatoms. The van der Waals surface area contributed by atoms with Gasteiger partial charge in [-0.05, 0) is 30.5 Å². The summed E-state index contributed by atoms with van der Waals surface area (Å²) in [6, 6.07) is 18.6. The van der Waals surface area contributed by atoms with Crippen LogP contribution in [-0.4, -0.2) is 23.6 Å². The van der Waals surface area contributed by atoms with Crippen molar-refractivity contribution in [1.82, 2.24) is 5.32 Å². The predicted octanol–water partition coefficient (Wildman–Crippen LogP) is 3.57. The highest BCUT2D eigenvalue weighted by Crippen LogP contribution is 2.44. The van der Waals surface area contributed by atoms with Gasteiger partial charge in [-0.1, -0.05) is 55.0 Å². The van der Waals surface area contributed by atoms with Crippen molar-refractivity contribution in [1.29, 1.82) is 0 Å². The van der Waals surface area contributed by atoms with Gasteiger partial charge in [-0.2, -0.15) is 0 Å². The molecule has 1 amide bonds. The molecule has 0 bridgehead atoms. The SMILES string of the molecule is O=C(CC1(C(=O)O)CCC1)NC(COc1ccccc1)c1ccccc1. The average Bonchev–Trinajstić information content (AvgIpc) is 2.63. The third kappa shape index (κ3) is 4.23. The Kier molecular flexibility index (Phi) is 5.56. The number of hydrogen-bond donors (Lipinski definition) is 2. The smallest absolute Gasteiger partial charge is 0.310 e. The van der Waals surface area contributed by atoms with E-state index in [1.54, 1.807) is 0 Å². The van der Waals surface area contributed by atoms with Crippen LogP contribution in [0.3, 0.4) is 0 Å². The van der Waals surface area contributed by atoms with Crippen molar-refractivity contribution in [2.24, 2.45) is 5.41 Å². The number of nitrogens with one attached hydrogen (secondary N) is 1. The van der Waals surface area contributed by atoms with Crippen LogP contribution in [0.5, 0.6) is 5.75 Å². The maximum Gasteiger partial charge on any atom is 0.310 e. The first-order valence-electron chi connectivity index (χ1n) is 8.85. The zero-order valence-electron chi connectivity index (χ0n) is 14.6. The summed E-state index contributed by atoms with van der Waals surface area (Å²) in [6.07, 6.45) is 1.99. The quantitative estimate of drug-likeness (QED) is 0.761. The molecular formula is C21H23NO4. The molecule has 0 saturated heterocycles. The van der Waals surface area contributed by atoms with E-state index < -0.39 is 11.4 Å². The Morgan fingerprint density at radius 1 is 1.04 bits per heavy atom. The Morgan fingerprint density at radius 3 is 2.19 bits per heavy atom. The summed E-state index contributed by atoms with van der Waals surface area (Å²) in [5.41, 5.74) is 0.0285. The Labute approximate surface area is 153 Å². The summed E-state index contributed by atoms with van der Waals surface area (Å²) >= 11 is 0. The van der Waals surface area contributed by atoms with Crippen molar-refractivity contribution in [3.05, 3.63) is 66.2 Å². The van der Waals surface area contributed by atoms with Gasteiger partial charge in [0, 0.05) is 6.42 Å². The number of carbonyl (C=O) groups excluding carboxylic acids is 1. The Morgan fingerprint density at radius 2 is 1.65 bits per heavy atom. The number of aliphatic carboxylic acids is 1. The molecule has 2 N–H and O–H groups in total. The van der Waals surface area contributed by atoms with Crippen LogP contribution in [0.25, 0.3) is 0 Å². The largest absolute Gasteiger partial charge is 0.491 e. The third-order valence-electron chi connectivity index (χ3n) is 4.96. The van der Waals surface area contributed by atoms with E-state index >= 15 is 0 Å². The molecule has 26 heavy (non-hydrogen) atoms. The molecule has 0 heterocycles. The Bertz CT molecular complexity index is 741. The van der Waals surface area contributed by atoms with Crippen molar-refractivity contribution in [2.45, 2.75) is 31.7 Å². The summed E-state index contributed by atoms with van der Waals surface area (Å²) in [6.45, 7) is 0.278. The predicted molar refractivity (Wildman–Crippen MR) is 97.8 cm³/mol. The highest BCUT2D eigenvalue weighted by atomic mass is 16.5. The van der Waals surface area contributed by atoms with Crippen LogP contribution in [0, 0.1) is 5.41 Å². The molecule has 3 rings (SSSR count). The minimum Gasteiger partial charge on any atom is -0.491 e. The van der Waals surface area contributed by atoms with Crippen molar-refractivity contribution in [2.75, 3.05) is 6.61 Å². The summed E-state index contributed by atoms with van der Waals surface area (Å²) < 4.78 is 5.81. The van der Waals surface area contributed by atoms with E-state index in [0.717, 1.165) is 17.7 Å². The molecule has 0 aromatic heterocycles. The molecule has 0 spiro atoms. The van der Waals surface area contributed by atoms with Gasteiger partial charge in [0.05, 0.1) is 11.5 Å². The molecule has 5 nitrogen and oxygen atoms in total. The lowest BCUT2D eigenvalue weighted by Gasteiger charge is -2.37. The topological polar surface area (TPSA) is 75.6 Å². The molecule has 1 aliphatic rings. The summed E-state index contributed by atoms with van der Waals surface area (Å²) in [5.74, 6) is -0.406. The summed E-state index contributed by atoms with van der Waals surface area (Å²) in [4.78, 5) is 24.0. The van der Waals surface area contributed by atoms with E-state index in [4.69, 9.17) is 4.74 Å². The number of ether oxygens (including phenoxy) is 1. The highest BCUT2D eigenvalue weighted by molar-refractivity contribution is 5.85. The van der Waals surface area contributed by atoms with Crippen LogP contribution in [-0.2, 0) is 9.59 Å². The number of carboxylic acids is 1. The van der Waals surface area contributed by atoms with Crippen LogP contribution in [0.2, 0.25) is 0 Å². The average molecular weight is 353 g/mol. The molecule has 2 aromatic carbocycles.